The Labute approximate surface area is 97.2 Å². The van der Waals surface area contributed by atoms with E-state index in [1.54, 1.807) is 0 Å². The van der Waals surface area contributed by atoms with Crippen molar-refractivity contribution in [1.29, 1.82) is 0 Å². The minimum atomic E-state index is -4.23. The van der Waals surface area contributed by atoms with Gasteiger partial charge < -0.3 is 10.4 Å². The van der Waals surface area contributed by atoms with Gasteiger partial charge in [0.05, 0.1) is 5.41 Å². The number of amides is 1. The third-order valence-electron chi connectivity index (χ3n) is 2.14. The van der Waals surface area contributed by atoms with Gasteiger partial charge in [-0.1, -0.05) is 0 Å². The standard InChI is InChI=1S/C10H16F3NO3/c1-9(2,8(16)17)6-7(15)14-5-3-4-10(11,12)13/h3-6H2,1-2H3,(H,14,15)(H,16,17). The molecule has 0 unspecified atom stereocenters. The van der Waals surface area contributed by atoms with E-state index in [1.807, 2.05) is 0 Å². The monoisotopic (exact) mass is 255 g/mol. The number of carboxylic acids is 1. The van der Waals surface area contributed by atoms with Crippen molar-refractivity contribution in [1.82, 2.24) is 5.32 Å². The Morgan fingerprint density at radius 2 is 1.76 bits per heavy atom. The zero-order chi connectivity index (χ0) is 13.7. The molecule has 17 heavy (non-hydrogen) atoms. The van der Waals surface area contributed by atoms with Gasteiger partial charge in [-0.25, -0.2) is 0 Å². The zero-order valence-corrected chi connectivity index (χ0v) is 9.73. The van der Waals surface area contributed by atoms with Crippen LogP contribution in [-0.4, -0.2) is 29.7 Å². The fourth-order valence-corrected chi connectivity index (χ4v) is 1.06. The summed E-state index contributed by atoms with van der Waals surface area (Å²) in [5.74, 6) is -1.68. The van der Waals surface area contributed by atoms with Crippen molar-refractivity contribution in [2.45, 2.75) is 39.3 Å². The largest absolute Gasteiger partial charge is 0.481 e. The van der Waals surface area contributed by atoms with E-state index in [-0.39, 0.29) is 19.4 Å². The van der Waals surface area contributed by atoms with Crippen LogP contribution in [0.25, 0.3) is 0 Å². The molecule has 4 nitrogen and oxygen atoms in total. The average molecular weight is 255 g/mol. The van der Waals surface area contributed by atoms with Gasteiger partial charge in [-0.2, -0.15) is 13.2 Å². The van der Waals surface area contributed by atoms with Crippen LogP contribution in [0.5, 0.6) is 0 Å². The second kappa shape index (κ2) is 5.88. The van der Waals surface area contributed by atoms with Crippen LogP contribution < -0.4 is 5.32 Å². The summed E-state index contributed by atoms with van der Waals surface area (Å²) in [5, 5.41) is 11.0. The molecule has 0 bridgehead atoms. The first kappa shape index (κ1) is 15.7. The molecule has 0 aromatic rings. The molecule has 0 aromatic heterocycles. The van der Waals surface area contributed by atoms with Crippen molar-refractivity contribution in [3.05, 3.63) is 0 Å². The first-order chi connectivity index (χ1) is 7.54. The number of halogens is 3. The van der Waals surface area contributed by atoms with Crippen molar-refractivity contribution in [3.8, 4) is 0 Å². The van der Waals surface area contributed by atoms with Gasteiger partial charge in [0, 0.05) is 19.4 Å². The molecule has 7 heteroatoms. The van der Waals surface area contributed by atoms with E-state index in [2.05, 4.69) is 5.32 Å². The number of hydrogen-bond donors (Lipinski definition) is 2. The number of carbonyl (C=O) groups excluding carboxylic acids is 1. The van der Waals surface area contributed by atoms with Crippen molar-refractivity contribution in [3.63, 3.8) is 0 Å². The van der Waals surface area contributed by atoms with E-state index in [0.717, 1.165) is 0 Å². The number of carbonyl (C=O) groups is 2. The normalized spacial score (nSPS) is 12.3. The first-order valence-electron chi connectivity index (χ1n) is 5.11. The lowest BCUT2D eigenvalue weighted by atomic mass is 9.89. The van der Waals surface area contributed by atoms with E-state index >= 15 is 0 Å². The zero-order valence-electron chi connectivity index (χ0n) is 9.73. The van der Waals surface area contributed by atoms with Crippen LogP contribution in [0.4, 0.5) is 13.2 Å². The Kier molecular flexibility index (Phi) is 5.44. The van der Waals surface area contributed by atoms with Crippen LogP contribution >= 0.6 is 0 Å². The molecule has 100 valence electrons. The molecule has 0 saturated carbocycles. The van der Waals surface area contributed by atoms with Crippen LogP contribution in [0.3, 0.4) is 0 Å². The van der Waals surface area contributed by atoms with Gasteiger partial charge in [0.15, 0.2) is 0 Å². The maximum absolute atomic E-state index is 11.8. The third kappa shape index (κ3) is 7.59. The molecule has 0 aliphatic heterocycles. The van der Waals surface area contributed by atoms with Gasteiger partial charge in [-0.05, 0) is 20.3 Å². The van der Waals surface area contributed by atoms with Crippen LogP contribution in [0.15, 0.2) is 0 Å². The van der Waals surface area contributed by atoms with Crippen molar-refractivity contribution < 1.29 is 27.9 Å². The summed E-state index contributed by atoms with van der Waals surface area (Å²) < 4.78 is 35.3. The molecule has 0 atom stereocenters. The number of alkyl halides is 3. The molecule has 0 aliphatic rings. The smallest absolute Gasteiger partial charge is 0.389 e. The molecule has 0 aliphatic carbocycles. The van der Waals surface area contributed by atoms with Crippen molar-refractivity contribution >= 4 is 11.9 Å². The topological polar surface area (TPSA) is 66.4 Å². The maximum Gasteiger partial charge on any atom is 0.389 e. The van der Waals surface area contributed by atoms with Crippen LogP contribution in [0.2, 0.25) is 0 Å². The quantitative estimate of drug-likeness (QED) is 0.713. The summed E-state index contributed by atoms with van der Waals surface area (Å²) in [6, 6.07) is 0. The number of aliphatic carboxylic acids is 1. The fourth-order valence-electron chi connectivity index (χ4n) is 1.06. The number of hydrogen-bond acceptors (Lipinski definition) is 2. The maximum atomic E-state index is 11.8. The molecule has 0 radical (unpaired) electrons. The highest BCUT2D eigenvalue weighted by atomic mass is 19.4. The predicted octanol–water partition coefficient (Wildman–Crippen LogP) is 1.95. The highest BCUT2D eigenvalue weighted by Crippen LogP contribution is 2.21. The highest BCUT2D eigenvalue weighted by Gasteiger charge is 2.30. The van der Waals surface area contributed by atoms with E-state index in [4.69, 9.17) is 5.11 Å². The highest BCUT2D eigenvalue weighted by molar-refractivity contribution is 5.84. The van der Waals surface area contributed by atoms with Crippen LogP contribution in [0, 0.1) is 5.41 Å². The van der Waals surface area contributed by atoms with Gasteiger partial charge >= 0.3 is 12.1 Å². The molecular formula is C10H16F3NO3. The van der Waals surface area contributed by atoms with Crippen LogP contribution in [0.1, 0.15) is 33.1 Å². The van der Waals surface area contributed by atoms with Crippen LogP contribution in [-0.2, 0) is 9.59 Å². The second-order valence-corrected chi connectivity index (χ2v) is 4.43. The molecule has 2 N–H and O–H groups in total. The average Bonchev–Trinajstić information content (AvgIpc) is 2.10. The lowest BCUT2D eigenvalue weighted by Gasteiger charge is -2.18. The molecule has 0 rings (SSSR count). The van der Waals surface area contributed by atoms with Gasteiger partial charge in [0.25, 0.3) is 0 Å². The Bertz CT molecular complexity index is 287. The Morgan fingerprint density at radius 1 is 1.24 bits per heavy atom. The fraction of sp³-hybridized carbons (Fsp3) is 0.800. The Hall–Kier alpha value is -1.27. The van der Waals surface area contributed by atoms with E-state index in [1.165, 1.54) is 13.8 Å². The predicted molar refractivity (Wildman–Crippen MR) is 54.3 cm³/mol. The number of carboxylic acid groups (broad SMARTS) is 1. The molecule has 0 fully saturated rings. The van der Waals surface area contributed by atoms with E-state index in [0.29, 0.717) is 0 Å². The first-order valence-corrected chi connectivity index (χ1v) is 5.11. The number of rotatable bonds is 6. The summed E-state index contributed by atoms with van der Waals surface area (Å²) in [6.45, 7) is 2.66. The molecule has 0 saturated heterocycles. The summed E-state index contributed by atoms with van der Waals surface area (Å²) in [4.78, 5) is 21.9. The van der Waals surface area contributed by atoms with Crippen molar-refractivity contribution in [2.24, 2.45) is 5.41 Å². The van der Waals surface area contributed by atoms with E-state index in [9.17, 15) is 22.8 Å². The van der Waals surface area contributed by atoms with Crippen molar-refractivity contribution in [2.75, 3.05) is 6.54 Å². The summed E-state index contributed by atoms with van der Waals surface area (Å²) in [7, 11) is 0. The second-order valence-electron chi connectivity index (χ2n) is 4.43. The lowest BCUT2D eigenvalue weighted by Crippen LogP contribution is -2.34. The lowest BCUT2D eigenvalue weighted by molar-refractivity contribution is -0.149. The van der Waals surface area contributed by atoms with Gasteiger partial charge in [0.2, 0.25) is 5.91 Å². The molecule has 0 aromatic carbocycles. The third-order valence-corrected chi connectivity index (χ3v) is 2.14. The summed E-state index contributed by atoms with van der Waals surface area (Å²) in [5.41, 5.74) is -1.21. The van der Waals surface area contributed by atoms with E-state index < -0.39 is 29.9 Å². The summed E-state index contributed by atoms with van der Waals surface area (Å²) >= 11 is 0. The van der Waals surface area contributed by atoms with Gasteiger partial charge in [-0.3, -0.25) is 9.59 Å². The molecular weight excluding hydrogens is 239 g/mol. The minimum Gasteiger partial charge on any atom is -0.481 e. The Morgan fingerprint density at radius 3 is 2.18 bits per heavy atom. The SMILES string of the molecule is CC(C)(CC(=O)NCCCC(F)(F)F)C(=O)O. The van der Waals surface area contributed by atoms with Gasteiger partial charge in [0.1, 0.15) is 0 Å². The molecule has 0 spiro atoms. The molecule has 0 heterocycles. The minimum absolute atomic E-state index is 0.103. The van der Waals surface area contributed by atoms with Gasteiger partial charge in [-0.15, -0.1) is 0 Å². The number of nitrogens with one attached hydrogen (secondary N) is 1. The molecule has 1 amide bonds. The summed E-state index contributed by atoms with van der Waals surface area (Å²) in [6.07, 6.45) is -5.66. The Balaban J connectivity index is 3.86.